The first kappa shape index (κ1) is 19.1. The topological polar surface area (TPSA) is 104 Å². The Labute approximate surface area is 169 Å². The maximum atomic E-state index is 12.7. The number of aromatic amines is 1. The third-order valence-electron chi connectivity index (χ3n) is 5.23. The van der Waals surface area contributed by atoms with Gasteiger partial charge in [0, 0.05) is 38.1 Å². The Morgan fingerprint density at radius 1 is 1.17 bits per heavy atom. The summed E-state index contributed by atoms with van der Waals surface area (Å²) in [5.74, 6) is 0.330. The molecule has 1 fully saturated rings. The predicted octanol–water partition coefficient (Wildman–Crippen LogP) is 1.54. The fourth-order valence-corrected chi connectivity index (χ4v) is 3.49. The van der Waals surface area contributed by atoms with Crippen LogP contribution in [0.3, 0.4) is 0 Å². The molecule has 3 N–H and O–H groups in total. The second kappa shape index (κ2) is 7.63. The Morgan fingerprint density at radius 2 is 1.93 bits per heavy atom. The first-order valence-corrected chi connectivity index (χ1v) is 9.66. The zero-order chi connectivity index (χ0) is 20.5. The molecule has 3 heterocycles. The number of nitrogens with zero attached hydrogens (tertiary/aromatic N) is 5. The minimum absolute atomic E-state index is 0.205. The van der Waals surface area contributed by atoms with Crippen LogP contribution in [0.5, 0.6) is 0 Å². The van der Waals surface area contributed by atoms with E-state index in [1.165, 1.54) is 0 Å². The van der Waals surface area contributed by atoms with Gasteiger partial charge >= 0.3 is 0 Å². The van der Waals surface area contributed by atoms with E-state index in [4.69, 9.17) is 5.73 Å². The molecule has 3 aromatic rings. The van der Waals surface area contributed by atoms with Crippen molar-refractivity contribution in [2.24, 2.45) is 5.73 Å². The Kier molecular flexibility index (Phi) is 5.02. The van der Waals surface area contributed by atoms with Gasteiger partial charge in [0.25, 0.3) is 5.56 Å². The first-order valence-electron chi connectivity index (χ1n) is 9.66. The van der Waals surface area contributed by atoms with E-state index in [9.17, 15) is 4.79 Å². The maximum absolute atomic E-state index is 12.7. The summed E-state index contributed by atoms with van der Waals surface area (Å²) in [6.45, 7) is 7.66. The van der Waals surface area contributed by atoms with E-state index in [-0.39, 0.29) is 5.56 Å². The van der Waals surface area contributed by atoms with Gasteiger partial charge in [0.2, 0.25) is 0 Å². The van der Waals surface area contributed by atoms with Crippen molar-refractivity contribution in [1.29, 1.82) is 0 Å². The Morgan fingerprint density at radius 3 is 2.66 bits per heavy atom. The van der Waals surface area contributed by atoms with Crippen molar-refractivity contribution >= 4 is 28.4 Å². The fraction of sp³-hybridized carbons (Fsp3) is 0.333. The number of anilines is 1. The van der Waals surface area contributed by atoms with Gasteiger partial charge in [-0.2, -0.15) is 0 Å². The van der Waals surface area contributed by atoms with Gasteiger partial charge in [-0.15, -0.1) is 0 Å². The van der Waals surface area contributed by atoms with Gasteiger partial charge in [0.1, 0.15) is 0 Å². The number of benzene rings is 1. The van der Waals surface area contributed by atoms with Crippen LogP contribution < -0.4 is 16.2 Å². The standard InChI is InChI=1S/C21H25N7O/c1-13-12-23-19(14(2)24-13)11-17(22)20-25-18-5-4-15(10-16(18)21(29)26-20)28-8-6-27(3)7-9-28/h4-5,10-12H,6-9,22H2,1-3H3,(H,25,26,29). The number of nitrogens with two attached hydrogens (primary N) is 1. The molecular weight excluding hydrogens is 366 g/mol. The van der Waals surface area contributed by atoms with Gasteiger partial charge in [0.15, 0.2) is 5.82 Å². The zero-order valence-electron chi connectivity index (χ0n) is 16.9. The van der Waals surface area contributed by atoms with Crippen LogP contribution in [-0.4, -0.2) is 58.1 Å². The highest BCUT2D eigenvalue weighted by atomic mass is 16.1. The number of rotatable bonds is 3. The Bertz CT molecular complexity index is 1140. The molecule has 29 heavy (non-hydrogen) atoms. The number of hydrogen-bond acceptors (Lipinski definition) is 7. The fourth-order valence-electron chi connectivity index (χ4n) is 3.49. The lowest BCUT2D eigenvalue weighted by atomic mass is 10.2. The van der Waals surface area contributed by atoms with Gasteiger partial charge in [-0.05, 0) is 45.2 Å². The van der Waals surface area contributed by atoms with Crippen molar-refractivity contribution in [3.05, 3.63) is 57.7 Å². The zero-order valence-corrected chi connectivity index (χ0v) is 16.9. The average Bonchev–Trinajstić information content (AvgIpc) is 2.70. The lowest BCUT2D eigenvalue weighted by Gasteiger charge is -2.34. The van der Waals surface area contributed by atoms with Crippen molar-refractivity contribution in [2.75, 3.05) is 38.1 Å². The maximum Gasteiger partial charge on any atom is 0.259 e. The summed E-state index contributed by atoms with van der Waals surface area (Å²) >= 11 is 0. The van der Waals surface area contributed by atoms with Crippen LogP contribution in [0.25, 0.3) is 22.7 Å². The quantitative estimate of drug-likeness (QED) is 0.698. The molecule has 8 nitrogen and oxygen atoms in total. The summed E-state index contributed by atoms with van der Waals surface area (Å²) in [7, 11) is 2.12. The molecule has 4 rings (SSSR count). The third-order valence-corrected chi connectivity index (χ3v) is 5.23. The number of piperazine rings is 1. The van der Waals surface area contributed by atoms with E-state index in [1.54, 1.807) is 12.3 Å². The lowest BCUT2D eigenvalue weighted by molar-refractivity contribution is 0.313. The lowest BCUT2D eigenvalue weighted by Crippen LogP contribution is -2.44. The van der Waals surface area contributed by atoms with Crippen molar-refractivity contribution < 1.29 is 0 Å². The number of likely N-dealkylation sites (N-methyl/N-ethyl adjacent to an activating group) is 1. The number of hydrogen-bond donors (Lipinski definition) is 2. The van der Waals surface area contributed by atoms with E-state index >= 15 is 0 Å². The molecule has 0 bridgehead atoms. The highest BCUT2D eigenvalue weighted by Crippen LogP contribution is 2.21. The second-order valence-corrected chi connectivity index (χ2v) is 7.49. The highest BCUT2D eigenvalue weighted by molar-refractivity contribution is 5.84. The van der Waals surface area contributed by atoms with Crippen molar-refractivity contribution in [2.45, 2.75) is 13.8 Å². The molecule has 0 saturated carbocycles. The van der Waals surface area contributed by atoms with Crippen LogP contribution in [0.4, 0.5) is 5.69 Å². The van der Waals surface area contributed by atoms with Crippen LogP contribution in [0.2, 0.25) is 0 Å². The smallest absolute Gasteiger partial charge is 0.259 e. The molecule has 1 aliphatic heterocycles. The number of H-pyrrole nitrogens is 1. The Balaban J connectivity index is 1.67. The van der Waals surface area contributed by atoms with E-state index in [0.717, 1.165) is 43.3 Å². The molecule has 1 aromatic carbocycles. The molecule has 0 unspecified atom stereocenters. The summed E-state index contributed by atoms with van der Waals surface area (Å²) in [5.41, 5.74) is 10.3. The van der Waals surface area contributed by atoms with Crippen LogP contribution in [0, 0.1) is 13.8 Å². The Hall–Kier alpha value is -3.26. The molecule has 0 radical (unpaired) electrons. The van der Waals surface area contributed by atoms with Crippen LogP contribution in [-0.2, 0) is 0 Å². The van der Waals surface area contributed by atoms with Crippen molar-refractivity contribution in [1.82, 2.24) is 24.8 Å². The molecule has 1 saturated heterocycles. The third kappa shape index (κ3) is 3.97. The van der Waals surface area contributed by atoms with Gasteiger partial charge in [-0.3, -0.25) is 14.8 Å². The van der Waals surface area contributed by atoms with Crippen molar-refractivity contribution in [3.63, 3.8) is 0 Å². The summed E-state index contributed by atoms with van der Waals surface area (Å²) in [5, 5.41) is 0.560. The normalized spacial score (nSPS) is 15.8. The number of aryl methyl sites for hydroxylation is 2. The molecule has 0 atom stereocenters. The van der Waals surface area contributed by atoms with Gasteiger partial charge < -0.3 is 20.5 Å². The summed E-state index contributed by atoms with van der Waals surface area (Å²) < 4.78 is 0. The van der Waals surface area contributed by atoms with E-state index in [2.05, 4.69) is 36.8 Å². The largest absolute Gasteiger partial charge is 0.396 e. The predicted molar refractivity (Wildman–Crippen MR) is 116 cm³/mol. The monoisotopic (exact) mass is 391 g/mol. The molecular formula is C21H25N7O. The molecule has 8 heteroatoms. The van der Waals surface area contributed by atoms with Gasteiger partial charge in [0.05, 0.1) is 33.7 Å². The number of fused-ring (bicyclic) bond motifs is 1. The van der Waals surface area contributed by atoms with Crippen LogP contribution in [0.15, 0.2) is 29.2 Å². The molecule has 2 aromatic heterocycles. The minimum Gasteiger partial charge on any atom is -0.396 e. The highest BCUT2D eigenvalue weighted by Gasteiger charge is 2.16. The molecule has 150 valence electrons. The second-order valence-electron chi connectivity index (χ2n) is 7.49. The molecule has 0 amide bonds. The van der Waals surface area contributed by atoms with E-state index in [1.807, 2.05) is 32.0 Å². The van der Waals surface area contributed by atoms with Crippen LogP contribution >= 0.6 is 0 Å². The van der Waals surface area contributed by atoms with Crippen LogP contribution in [0.1, 0.15) is 22.9 Å². The van der Waals surface area contributed by atoms with Gasteiger partial charge in [-0.1, -0.05) is 0 Å². The first-order chi connectivity index (χ1) is 13.9. The van der Waals surface area contributed by atoms with Gasteiger partial charge in [-0.25, -0.2) is 4.98 Å². The molecule has 0 aliphatic carbocycles. The summed E-state index contributed by atoms with van der Waals surface area (Å²) in [4.78, 5) is 33.4. The molecule has 1 aliphatic rings. The number of nitrogens with one attached hydrogen (secondary N) is 1. The summed E-state index contributed by atoms with van der Waals surface area (Å²) in [6.07, 6.45) is 3.37. The minimum atomic E-state index is -0.205. The molecule has 0 spiro atoms. The van der Waals surface area contributed by atoms with Crippen molar-refractivity contribution in [3.8, 4) is 0 Å². The van der Waals surface area contributed by atoms with E-state index in [0.29, 0.717) is 28.1 Å². The average molecular weight is 391 g/mol. The number of aromatic nitrogens is 4. The SMILES string of the molecule is Cc1cnc(C=C(N)c2nc3ccc(N4CCN(C)CC4)cc3c(=O)[nH]2)c(C)n1. The van der Waals surface area contributed by atoms with E-state index < -0.39 is 0 Å². The summed E-state index contributed by atoms with van der Waals surface area (Å²) in [6, 6.07) is 5.80.